The molecule has 3 rings (SSSR count). The van der Waals surface area contributed by atoms with Crippen molar-refractivity contribution in [1.29, 1.82) is 0 Å². The first-order valence-corrected chi connectivity index (χ1v) is 6.98. The molecule has 102 valence electrons. The van der Waals surface area contributed by atoms with Gasteiger partial charge in [0.25, 0.3) is 5.91 Å². The van der Waals surface area contributed by atoms with E-state index in [0.717, 1.165) is 25.1 Å². The number of benzene rings is 1. The van der Waals surface area contributed by atoms with Crippen LogP contribution in [0.2, 0.25) is 0 Å². The van der Waals surface area contributed by atoms with Crippen molar-refractivity contribution in [2.24, 2.45) is 0 Å². The summed E-state index contributed by atoms with van der Waals surface area (Å²) in [5.74, 6) is 0.325. The van der Waals surface area contributed by atoms with Crippen molar-refractivity contribution in [3.8, 4) is 5.75 Å². The highest BCUT2D eigenvalue weighted by atomic mass is 16.3. The molecule has 2 N–H and O–H groups in total. The standard InChI is InChI=1S/C15H20N2O2/c1-10-8-11(2-5-14(10)18)15(19)17-7-6-12-3-4-13(9-17)16-12/h2,5,8,12-13,16,18H,3-4,6-7,9H2,1H3. The second-order valence-electron chi connectivity index (χ2n) is 5.68. The van der Waals surface area contributed by atoms with Crippen molar-refractivity contribution in [2.45, 2.75) is 38.3 Å². The summed E-state index contributed by atoms with van der Waals surface area (Å²) in [7, 11) is 0. The number of nitrogens with one attached hydrogen (secondary N) is 1. The molecular formula is C15H20N2O2. The number of fused-ring (bicyclic) bond motifs is 2. The highest BCUT2D eigenvalue weighted by molar-refractivity contribution is 5.94. The van der Waals surface area contributed by atoms with Crippen LogP contribution in [0.3, 0.4) is 0 Å². The molecule has 2 saturated heterocycles. The molecule has 2 heterocycles. The van der Waals surface area contributed by atoms with Gasteiger partial charge in [-0.25, -0.2) is 0 Å². The molecule has 2 fully saturated rings. The summed E-state index contributed by atoms with van der Waals surface area (Å²) < 4.78 is 0. The van der Waals surface area contributed by atoms with Crippen LogP contribution >= 0.6 is 0 Å². The third-order valence-corrected chi connectivity index (χ3v) is 4.25. The molecule has 0 saturated carbocycles. The summed E-state index contributed by atoms with van der Waals surface area (Å²) >= 11 is 0. The van der Waals surface area contributed by atoms with Gasteiger partial charge in [-0.05, 0) is 49.9 Å². The van der Waals surface area contributed by atoms with Gasteiger partial charge in [0.15, 0.2) is 0 Å². The monoisotopic (exact) mass is 260 g/mol. The minimum Gasteiger partial charge on any atom is -0.508 e. The van der Waals surface area contributed by atoms with Gasteiger partial charge in [0.1, 0.15) is 5.75 Å². The van der Waals surface area contributed by atoms with E-state index in [1.165, 1.54) is 12.8 Å². The first-order chi connectivity index (χ1) is 9.13. The molecule has 2 unspecified atom stereocenters. The maximum Gasteiger partial charge on any atom is 0.253 e. The van der Waals surface area contributed by atoms with Crippen molar-refractivity contribution in [1.82, 2.24) is 10.2 Å². The number of rotatable bonds is 1. The maximum atomic E-state index is 12.5. The summed E-state index contributed by atoms with van der Waals surface area (Å²) in [6.07, 6.45) is 3.45. The van der Waals surface area contributed by atoms with Gasteiger partial charge in [-0.3, -0.25) is 4.79 Å². The first kappa shape index (κ1) is 12.5. The molecule has 2 aliphatic heterocycles. The molecule has 1 aromatic carbocycles. The number of nitrogens with zero attached hydrogens (tertiary/aromatic N) is 1. The summed E-state index contributed by atoms with van der Waals surface area (Å²) in [6, 6.07) is 6.12. The van der Waals surface area contributed by atoms with Crippen LogP contribution in [0, 0.1) is 6.92 Å². The van der Waals surface area contributed by atoms with Gasteiger partial charge in [0.05, 0.1) is 0 Å². The topological polar surface area (TPSA) is 52.6 Å². The number of aromatic hydroxyl groups is 1. The Labute approximate surface area is 113 Å². The van der Waals surface area contributed by atoms with Crippen LogP contribution in [0.1, 0.15) is 35.2 Å². The number of phenols is 1. The Morgan fingerprint density at radius 3 is 2.89 bits per heavy atom. The molecule has 0 spiro atoms. The predicted molar refractivity (Wildman–Crippen MR) is 73.3 cm³/mol. The first-order valence-electron chi connectivity index (χ1n) is 6.98. The molecule has 4 heteroatoms. The number of likely N-dealkylation sites (tertiary alicyclic amines) is 1. The van der Waals surface area contributed by atoms with E-state index in [1.807, 2.05) is 11.8 Å². The second kappa shape index (κ2) is 4.85. The number of carbonyl (C=O) groups is 1. The summed E-state index contributed by atoms with van der Waals surface area (Å²) in [5, 5.41) is 13.1. The SMILES string of the molecule is Cc1cc(C(=O)N2CCC3CCC(C2)N3)ccc1O. The fourth-order valence-corrected chi connectivity index (χ4v) is 3.10. The lowest BCUT2D eigenvalue weighted by Crippen LogP contribution is -2.39. The average molecular weight is 260 g/mol. The fourth-order valence-electron chi connectivity index (χ4n) is 3.10. The van der Waals surface area contributed by atoms with E-state index < -0.39 is 0 Å². The lowest BCUT2D eigenvalue weighted by atomic mass is 10.1. The smallest absolute Gasteiger partial charge is 0.253 e. The lowest BCUT2D eigenvalue weighted by Gasteiger charge is -2.24. The summed E-state index contributed by atoms with van der Waals surface area (Å²) in [5.41, 5.74) is 1.42. The third kappa shape index (κ3) is 2.45. The zero-order valence-corrected chi connectivity index (χ0v) is 11.2. The van der Waals surface area contributed by atoms with E-state index in [4.69, 9.17) is 0 Å². The van der Waals surface area contributed by atoms with Crippen molar-refractivity contribution in [2.75, 3.05) is 13.1 Å². The minimum absolute atomic E-state index is 0.0810. The minimum atomic E-state index is 0.0810. The Hall–Kier alpha value is -1.55. The zero-order valence-electron chi connectivity index (χ0n) is 11.2. The van der Waals surface area contributed by atoms with E-state index in [2.05, 4.69) is 5.32 Å². The molecule has 0 aromatic heterocycles. The molecule has 0 radical (unpaired) electrons. The van der Waals surface area contributed by atoms with E-state index in [-0.39, 0.29) is 11.7 Å². The van der Waals surface area contributed by atoms with Crippen LogP contribution in [0.5, 0.6) is 5.75 Å². The Bertz CT molecular complexity index is 501. The van der Waals surface area contributed by atoms with Gasteiger partial charge in [-0.15, -0.1) is 0 Å². The van der Waals surface area contributed by atoms with Crippen LogP contribution in [-0.2, 0) is 0 Å². The molecule has 19 heavy (non-hydrogen) atoms. The van der Waals surface area contributed by atoms with Crippen molar-refractivity contribution < 1.29 is 9.90 Å². The number of hydrogen-bond acceptors (Lipinski definition) is 3. The maximum absolute atomic E-state index is 12.5. The third-order valence-electron chi connectivity index (χ3n) is 4.25. The number of carbonyl (C=O) groups excluding carboxylic acids is 1. The molecule has 2 bridgehead atoms. The van der Waals surface area contributed by atoms with Crippen LogP contribution in [-0.4, -0.2) is 41.1 Å². The number of hydrogen-bond donors (Lipinski definition) is 2. The highest BCUT2D eigenvalue weighted by Gasteiger charge is 2.31. The average Bonchev–Trinajstić information content (AvgIpc) is 2.72. The summed E-state index contributed by atoms with van der Waals surface area (Å²) in [4.78, 5) is 14.5. The normalized spacial score (nSPS) is 26.3. The molecular weight excluding hydrogens is 240 g/mol. The fraction of sp³-hybridized carbons (Fsp3) is 0.533. The Kier molecular flexibility index (Phi) is 3.19. The molecule has 1 aromatic rings. The lowest BCUT2D eigenvalue weighted by molar-refractivity contribution is 0.0748. The van der Waals surface area contributed by atoms with Gasteiger partial charge < -0.3 is 15.3 Å². The van der Waals surface area contributed by atoms with E-state index in [0.29, 0.717) is 17.6 Å². The Morgan fingerprint density at radius 1 is 1.32 bits per heavy atom. The van der Waals surface area contributed by atoms with Crippen molar-refractivity contribution >= 4 is 5.91 Å². The molecule has 2 atom stereocenters. The Balaban J connectivity index is 1.77. The number of aryl methyl sites for hydroxylation is 1. The largest absolute Gasteiger partial charge is 0.508 e. The van der Waals surface area contributed by atoms with Crippen molar-refractivity contribution in [3.63, 3.8) is 0 Å². The van der Waals surface area contributed by atoms with Gasteiger partial charge in [0, 0.05) is 30.7 Å². The van der Waals surface area contributed by atoms with E-state index in [9.17, 15) is 9.90 Å². The molecule has 1 amide bonds. The van der Waals surface area contributed by atoms with Crippen LogP contribution < -0.4 is 5.32 Å². The Morgan fingerprint density at radius 2 is 2.11 bits per heavy atom. The van der Waals surface area contributed by atoms with Gasteiger partial charge >= 0.3 is 0 Å². The van der Waals surface area contributed by atoms with Gasteiger partial charge in [0.2, 0.25) is 0 Å². The van der Waals surface area contributed by atoms with Crippen molar-refractivity contribution in [3.05, 3.63) is 29.3 Å². The van der Waals surface area contributed by atoms with Crippen LogP contribution in [0.4, 0.5) is 0 Å². The molecule has 2 aliphatic rings. The zero-order chi connectivity index (χ0) is 13.4. The van der Waals surface area contributed by atoms with Gasteiger partial charge in [-0.2, -0.15) is 0 Å². The number of phenolic OH excluding ortho intramolecular Hbond substituents is 1. The van der Waals surface area contributed by atoms with E-state index in [1.54, 1.807) is 18.2 Å². The van der Waals surface area contributed by atoms with E-state index >= 15 is 0 Å². The summed E-state index contributed by atoms with van der Waals surface area (Å²) in [6.45, 7) is 3.44. The second-order valence-corrected chi connectivity index (χ2v) is 5.68. The van der Waals surface area contributed by atoms with Crippen LogP contribution in [0.25, 0.3) is 0 Å². The van der Waals surface area contributed by atoms with Gasteiger partial charge in [-0.1, -0.05) is 0 Å². The molecule has 4 nitrogen and oxygen atoms in total. The molecule has 0 aliphatic carbocycles. The van der Waals surface area contributed by atoms with Crippen LogP contribution in [0.15, 0.2) is 18.2 Å². The highest BCUT2D eigenvalue weighted by Crippen LogP contribution is 2.23. The number of amides is 1. The predicted octanol–water partition coefficient (Wildman–Crippen LogP) is 1.67. The quantitative estimate of drug-likeness (QED) is 0.807.